The molecule has 2 aromatic rings. The number of aliphatic carboxylic acids is 1. The Hall–Kier alpha value is -1.62. The lowest BCUT2D eigenvalue weighted by Crippen LogP contribution is -2.11. The van der Waals surface area contributed by atoms with E-state index in [0.29, 0.717) is 0 Å². The van der Waals surface area contributed by atoms with E-state index in [1.165, 1.54) is 4.68 Å². The number of benzene rings is 1. The first-order chi connectivity index (χ1) is 8.49. The van der Waals surface area contributed by atoms with Crippen LogP contribution in [0.5, 0.6) is 0 Å². The zero-order chi connectivity index (χ0) is 13.3. The summed E-state index contributed by atoms with van der Waals surface area (Å²) in [5.41, 5.74) is 3.74. The maximum absolute atomic E-state index is 10.8. The Labute approximate surface area is 113 Å². The lowest BCUT2D eigenvalue weighted by Gasteiger charge is -2.04. The Morgan fingerprint density at radius 3 is 2.78 bits per heavy atom. The fraction of sp³-hybridized carbons (Fsp3) is 0.231. The molecule has 0 spiro atoms. The summed E-state index contributed by atoms with van der Waals surface area (Å²) in [5, 5.41) is 13.1. The van der Waals surface area contributed by atoms with E-state index in [-0.39, 0.29) is 6.54 Å². The van der Waals surface area contributed by atoms with Crippen molar-refractivity contribution in [3.8, 4) is 11.1 Å². The highest BCUT2D eigenvalue weighted by Crippen LogP contribution is 2.28. The topological polar surface area (TPSA) is 55.1 Å². The number of halogens is 1. The molecule has 0 fully saturated rings. The summed E-state index contributed by atoms with van der Waals surface area (Å²) in [6, 6.07) is 7.90. The van der Waals surface area contributed by atoms with E-state index < -0.39 is 5.97 Å². The second kappa shape index (κ2) is 4.94. The van der Waals surface area contributed by atoms with Crippen molar-refractivity contribution in [1.29, 1.82) is 0 Å². The Morgan fingerprint density at radius 2 is 2.17 bits per heavy atom. The van der Waals surface area contributed by atoms with Gasteiger partial charge >= 0.3 is 5.97 Å². The van der Waals surface area contributed by atoms with E-state index in [9.17, 15) is 4.79 Å². The summed E-state index contributed by atoms with van der Waals surface area (Å²) in [4.78, 5) is 10.8. The normalized spacial score (nSPS) is 10.6. The van der Waals surface area contributed by atoms with Crippen molar-refractivity contribution in [2.75, 3.05) is 0 Å². The highest BCUT2D eigenvalue weighted by Gasteiger charge is 2.14. The molecule has 94 valence electrons. The third-order valence-electron chi connectivity index (χ3n) is 2.78. The van der Waals surface area contributed by atoms with Crippen molar-refractivity contribution < 1.29 is 9.90 Å². The predicted molar refractivity (Wildman–Crippen MR) is 72.5 cm³/mol. The Balaban J connectivity index is 2.51. The molecule has 1 aromatic carbocycles. The van der Waals surface area contributed by atoms with Gasteiger partial charge in [0.25, 0.3) is 0 Å². The van der Waals surface area contributed by atoms with E-state index in [0.717, 1.165) is 27.0 Å². The number of aryl methyl sites for hydroxylation is 1. The highest BCUT2D eigenvalue weighted by molar-refractivity contribution is 9.10. The highest BCUT2D eigenvalue weighted by atomic mass is 79.9. The number of hydrogen-bond donors (Lipinski definition) is 1. The van der Waals surface area contributed by atoms with Crippen LogP contribution in [0.2, 0.25) is 0 Å². The second-order valence-corrected chi connectivity index (χ2v) is 5.02. The molecular weight excluding hydrogens is 296 g/mol. The lowest BCUT2D eigenvalue weighted by molar-refractivity contribution is -0.137. The fourth-order valence-electron chi connectivity index (χ4n) is 2.04. The first-order valence-corrected chi connectivity index (χ1v) is 6.30. The average Bonchev–Trinajstić information content (AvgIpc) is 2.53. The summed E-state index contributed by atoms with van der Waals surface area (Å²) < 4.78 is 2.51. The molecule has 1 aromatic heterocycles. The minimum absolute atomic E-state index is 0.110. The molecule has 0 atom stereocenters. The van der Waals surface area contributed by atoms with Gasteiger partial charge in [0.05, 0.1) is 5.69 Å². The van der Waals surface area contributed by atoms with Crippen LogP contribution in [-0.4, -0.2) is 20.9 Å². The molecule has 4 nitrogen and oxygen atoms in total. The maximum Gasteiger partial charge on any atom is 0.325 e. The van der Waals surface area contributed by atoms with Gasteiger partial charge in [0.1, 0.15) is 6.54 Å². The van der Waals surface area contributed by atoms with Gasteiger partial charge in [-0.05, 0) is 31.5 Å². The monoisotopic (exact) mass is 308 g/mol. The molecule has 0 unspecified atom stereocenters. The van der Waals surface area contributed by atoms with Gasteiger partial charge in [-0.2, -0.15) is 5.10 Å². The van der Waals surface area contributed by atoms with Crippen molar-refractivity contribution in [3.05, 3.63) is 40.1 Å². The van der Waals surface area contributed by atoms with Gasteiger partial charge in [0.2, 0.25) is 0 Å². The van der Waals surface area contributed by atoms with E-state index in [1.807, 2.05) is 38.1 Å². The summed E-state index contributed by atoms with van der Waals surface area (Å²) in [5.74, 6) is -0.888. The van der Waals surface area contributed by atoms with E-state index >= 15 is 0 Å². The smallest absolute Gasteiger partial charge is 0.325 e. The summed E-state index contributed by atoms with van der Waals surface area (Å²) in [6.45, 7) is 3.67. The first-order valence-electron chi connectivity index (χ1n) is 5.51. The van der Waals surface area contributed by atoms with Gasteiger partial charge in [-0.1, -0.05) is 28.1 Å². The summed E-state index contributed by atoms with van der Waals surface area (Å²) >= 11 is 3.43. The molecule has 0 aliphatic heterocycles. The number of rotatable bonds is 3. The van der Waals surface area contributed by atoms with E-state index in [2.05, 4.69) is 21.0 Å². The van der Waals surface area contributed by atoms with Crippen molar-refractivity contribution in [1.82, 2.24) is 9.78 Å². The summed E-state index contributed by atoms with van der Waals surface area (Å²) in [6.07, 6.45) is 0. The van der Waals surface area contributed by atoms with Crippen molar-refractivity contribution in [2.24, 2.45) is 0 Å². The van der Waals surface area contributed by atoms with Crippen LogP contribution in [0.15, 0.2) is 28.7 Å². The number of carbonyl (C=O) groups is 1. The van der Waals surface area contributed by atoms with Crippen molar-refractivity contribution in [2.45, 2.75) is 20.4 Å². The third kappa shape index (κ3) is 2.46. The van der Waals surface area contributed by atoms with Crippen LogP contribution in [-0.2, 0) is 11.3 Å². The minimum Gasteiger partial charge on any atom is -0.480 e. The SMILES string of the molecule is Cc1nn(CC(=O)O)c(C)c1-c1cccc(Br)c1. The van der Waals surface area contributed by atoms with Crippen LogP contribution in [0.4, 0.5) is 0 Å². The van der Waals surface area contributed by atoms with Gasteiger partial charge in [-0.25, -0.2) is 0 Å². The van der Waals surface area contributed by atoms with Gasteiger partial charge in [-0.15, -0.1) is 0 Å². The number of aromatic nitrogens is 2. The van der Waals surface area contributed by atoms with Gasteiger partial charge in [-0.3, -0.25) is 9.48 Å². The van der Waals surface area contributed by atoms with Crippen LogP contribution in [0.3, 0.4) is 0 Å². The molecule has 5 heteroatoms. The molecular formula is C13H13BrN2O2. The van der Waals surface area contributed by atoms with Crippen LogP contribution < -0.4 is 0 Å². The molecule has 0 amide bonds. The molecule has 1 heterocycles. The second-order valence-electron chi connectivity index (χ2n) is 4.11. The van der Waals surface area contributed by atoms with Crippen molar-refractivity contribution >= 4 is 21.9 Å². The number of hydrogen-bond acceptors (Lipinski definition) is 2. The Morgan fingerprint density at radius 1 is 1.44 bits per heavy atom. The van der Waals surface area contributed by atoms with Crippen LogP contribution in [0, 0.1) is 13.8 Å². The van der Waals surface area contributed by atoms with Crippen LogP contribution >= 0.6 is 15.9 Å². The van der Waals surface area contributed by atoms with Crippen LogP contribution in [0.25, 0.3) is 11.1 Å². The molecule has 1 N–H and O–H groups in total. The average molecular weight is 309 g/mol. The fourth-order valence-corrected chi connectivity index (χ4v) is 2.44. The van der Waals surface area contributed by atoms with Gasteiger partial charge in [0.15, 0.2) is 0 Å². The lowest BCUT2D eigenvalue weighted by atomic mass is 10.0. The largest absolute Gasteiger partial charge is 0.480 e. The summed E-state index contributed by atoms with van der Waals surface area (Å²) in [7, 11) is 0. The van der Waals surface area contributed by atoms with E-state index in [1.54, 1.807) is 0 Å². The predicted octanol–water partition coefficient (Wildman–Crippen LogP) is 3.01. The van der Waals surface area contributed by atoms with Crippen LogP contribution in [0.1, 0.15) is 11.4 Å². The number of carboxylic acid groups (broad SMARTS) is 1. The molecule has 0 saturated heterocycles. The standard InChI is InChI=1S/C13H13BrN2O2/c1-8-13(10-4-3-5-11(14)6-10)9(2)16(15-8)7-12(17)18/h3-6H,7H2,1-2H3,(H,17,18). The molecule has 2 rings (SSSR count). The molecule has 0 bridgehead atoms. The minimum atomic E-state index is -0.888. The van der Waals surface area contributed by atoms with Gasteiger partial charge < -0.3 is 5.11 Å². The zero-order valence-electron chi connectivity index (χ0n) is 10.1. The first kappa shape index (κ1) is 12.8. The van der Waals surface area contributed by atoms with E-state index in [4.69, 9.17) is 5.11 Å². The zero-order valence-corrected chi connectivity index (χ0v) is 11.7. The molecule has 0 aliphatic carbocycles. The molecule has 0 saturated carbocycles. The van der Waals surface area contributed by atoms with Gasteiger partial charge in [0, 0.05) is 15.7 Å². The Kier molecular flexibility index (Phi) is 3.52. The maximum atomic E-state index is 10.8. The third-order valence-corrected chi connectivity index (χ3v) is 3.27. The number of nitrogens with zero attached hydrogens (tertiary/aromatic N) is 2. The molecule has 18 heavy (non-hydrogen) atoms. The van der Waals surface area contributed by atoms with Crippen molar-refractivity contribution in [3.63, 3.8) is 0 Å². The quantitative estimate of drug-likeness (QED) is 0.948. The Bertz CT molecular complexity index is 605. The molecule has 0 radical (unpaired) electrons. The molecule has 0 aliphatic rings. The number of carboxylic acids is 1.